The van der Waals surface area contributed by atoms with Crippen LogP contribution in [0.3, 0.4) is 0 Å². The fraction of sp³-hybridized carbons (Fsp3) is 0.800. The third kappa shape index (κ3) is 2.55. The monoisotopic (exact) mass is 379 g/mol. The van der Waals surface area contributed by atoms with Crippen molar-refractivity contribution in [2.75, 3.05) is 6.73 Å². The van der Waals surface area contributed by atoms with Crippen molar-refractivity contribution in [3.8, 4) is 0 Å². The van der Waals surface area contributed by atoms with E-state index in [9.17, 15) is 19.8 Å². The Balaban J connectivity index is 1.88. The highest BCUT2D eigenvalue weighted by Crippen LogP contribution is 2.53. The first-order chi connectivity index (χ1) is 12.6. The summed E-state index contributed by atoms with van der Waals surface area (Å²) in [5.41, 5.74) is -0.462. The molecule has 2 heterocycles. The number of Topliss-reactive ketones (excluding diaryl/α,β-unsaturated/α-hetero) is 1. The lowest BCUT2D eigenvalue weighted by Gasteiger charge is -2.61. The summed E-state index contributed by atoms with van der Waals surface area (Å²) in [7, 11) is 0. The van der Waals surface area contributed by atoms with E-state index in [0.717, 1.165) is 5.57 Å². The van der Waals surface area contributed by atoms with Gasteiger partial charge < -0.3 is 19.7 Å². The van der Waals surface area contributed by atoms with Crippen molar-refractivity contribution in [3.63, 3.8) is 0 Å². The fourth-order valence-corrected chi connectivity index (χ4v) is 5.62. The van der Waals surface area contributed by atoms with Crippen LogP contribution in [0.2, 0.25) is 0 Å². The molecule has 3 fully saturated rings. The number of nitrogens with zero attached hydrogens (tertiary/aromatic N) is 1. The van der Waals surface area contributed by atoms with E-state index in [1.807, 2.05) is 13.8 Å². The number of hydrogen-bond donors (Lipinski definition) is 2. The molecule has 4 rings (SSSR count). The molecule has 2 saturated heterocycles. The highest BCUT2D eigenvalue weighted by atomic mass is 16.6. The summed E-state index contributed by atoms with van der Waals surface area (Å²) in [5.74, 6) is -1.11. The zero-order valence-corrected chi connectivity index (χ0v) is 16.4. The zero-order chi connectivity index (χ0) is 19.7. The SMILES string of the molecule is CC(=O)O[C@H]1C(=O)[C@@]2(C)C(C[C@]3(O)CCC(C)=C1[C@H]3C)N1CO[C@@H]1C[C@@H]2O. The Morgan fingerprint density at radius 1 is 1.41 bits per heavy atom. The van der Waals surface area contributed by atoms with Crippen LogP contribution < -0.4 is 0 Å². The van der Waals surface area contributed by atoms with Gasteiger partial charge in [-0.25, -0.2) is 0 Å². The number of rotatable bonds is 1. The molecule has 7 heteroatoms. The number of allylic oxidation sites excluding steroid dienone is 1. The Morgan fingerprint density at radius 2 is 2.11 bits per heavy atom. The number of carbonyl (C=O) groups excluding carboxylic acids is 2. The maximum Gasteiger partial charge on any atom is 0.303 e. The summed E-state index contributed by atoms with van der Waals surface area (Å²) in [5, 5.41) is 22.5. The highest BCUT2D eigenvalue weighted by Gasteiger charge is 2.64. The molecule has 0 amide bonds. The summed E-state index contributed by atoms with van der Waals surface area (Å²) in [6.45, 7) is 7.27. The van der Waals surface area contributed by atoms with Crippen molar-refractivity contribution in [3.05, 3.63) is 11.1 Å². The van der Waals surface area contributed by atoms with Crippen LogP contribution in [0.1, 0.15) is 53.4 Å². The Morgan fingerprint density at radius 3 is 2.70 bits per heavy atom. The minimum absolute atomic E-state index is 0.225. The Kier molecular flexibility index (Phi) is 4.31. The van der Waals surface area contributed by atoms with Gasteiger partial charge in [-0.3, -0.25) is 14.5 Å². The Hall–Kier alpha value is -1.28. The summed E-state index contributed by atoms with van der Waals surface area (Å²) in [6.07, 6.45) is -0.246. The number of aliphatic hydroxyl groups is 2. The van der Waals surface area contributed by atoms with E-state index >= 15 is 0 Å². The standard InChI is InChI=1S/C20H29NO6/c1-10-5-6-20(25)8-13-19(4,14(23)7-15-21(13)9-26-15)18(24)17(27-12(3)22)16(10)11(20)2/h11,13-15,17,23,25H,5-9H2,1-4H3/t11-,13?,14+,15-,17-,19+,20-/m1/s1. The zero-order valence-electron chi connectivity index (χ0n) is 16.4. The maximum absolute atomic E-state index is 13.8. The van der Waals surface area contributed by atoms with Gasteiger partial charge in [-0.1, -0.05) is 12.5 Å². The van der Waals surface area contributed by atoms with E-state index in [0.29, 0.717) is 38.0 Å². The second-order valence-electron chi connectivity index (χ2n) is 8.93. The van der Waals surface area contributed by atoms with E-state index in [2.05, 4.69) is 4.90 Å². The Bertz CT molecular complexity index is 719. The van der Waals surface area contributed by atoms with E-state index in [1.54, 1.807) is 6.92 Å². The van der Waals surface area contributed by atoms with Crippen molar-refractivity contribution in [2.45, 2.75) is 83.5 Å². The second-order valence-corrected chi connectivity index (χ2v) is 8.93. The van der Waals surface area contributed by atoms with Crippen LogP contribution in [-0.2, 0) is 19.1 Å². The van der Waals surface area contributed by atoms with E-state index in [4.69, 9.17) is 9.47 Å². The molecule has 150 valence electrons. The predicted octanol–water partition coefficient (Wildman–Crippen LogP) is 1.12. The van der Waals surface area contributed by atoms with Gasteiger partial charge in [-0.2, -0.15) is 0 Å². The molecule has 1 unspecified atom stereocenters. The normalized spacial score (nSPS) is 47.3. The number of aliphatic hydroxyl groups excluding tert-OH is 1. The molecular formula is C20H29NO6. The topological polar surface area (TPSA) is 96.3 Å². The van der Waals surface area contributed by atoms with Crippen LogP contribution in [-0.4, -0.2) is 63.7 Å². The third-order valence-corrected chi connectivity index (χ3v) is 7.58. The van der Waals surface area contributed by atoms with Crippen LogP contribution in [0.15, 0.2) is 11.1 Å². The third-order valence-electron chi connectivity index (χ3n) is 7.58. The number of ketones is 1. The van der Waals surface area contributed by atoms with Crippen molar-refractivity contribution in [1.82, 2.24) is 4.90 Å². The van der Waals surface area contributed by atoms with Gasteiger partial charge in [0, 0.05) is 25.3 Å². The van der Waals surface area contributed by atoms with Crippen molar-refractivity contribution in [2.24, 2.45) is 11.3 Å². The predicted molar refractivity (Wildman–Crippen MR) is 95.3 cm³/mol. The first-order valence-corrected chi connectivity index (χ1v) is 9.78. The summed E-state index contributed by atoms with van der Waals surface area (Å²) < 4.78 is 11.1. The molecule has 2 aliphatic heterocycles. The van der Waals surface area contributed by atoms with Crippen molar-refractivity contribution >= 4 is 11.8 Å². The lowest BCUT2D eigenvalue weighted by Crippen LogP contribution is -2.73. The quantitative estimate of drug-likeness (QED) is 0.521. The molecule has 0 aromatic heterocycles. The highest BCUT2D eigenvalue weighted by molar-refractivity contribution is 5.94. The van der Waals surface area contributed by atoms with Gasteiger partial charge in [0.1, 0.15) is 13.0 Å². The second kappa shape index (κ2) is 6.11. The first-order valence-electron chi connectivity index (χ1n) is 9.78. The van der Waals surface area contributed by atoms with Gasteiger partial charge in [0.25, 0.3) is 0 Å². The maximum atomic E-state index is 13.8. The molecule has 2 aliphatic carbocycles. The average Bonchev–Trinajstić information content (AvgIpc) is 2.57. The number of hydrogen-bond acceptors (Lipinski definition) is 7. The van der Waals surface area contributed by atoms with Gasteiger partial charge in [0.05, 0.1) is 17.1 Å². The summed E-state index contributed by atoms with van der Waals surface area (Å²) >= 11 is 0. The van der Waals surface area contributed by atoms with Gasteiger partial charge in [-0.15, -0.1) is 0 Å². The molecule has 4 aliphatic rings. The van der Waals surface area contributed by atoms with E-state index in [-0.39, 0.29) is 24.0 Å². The van der Waals surface area contributed by atoms with Gasteiger partial charge in [-0.05, 0) is 38.7 Å². The summed E-state index contributed by atoms with van der Waals surface area (Å²) in [4.78, 5) is 27.6. The smallest absolute Gasteiger partial charge is 0.303 e. The molecule has 0 radical (unpaired) electrons. The molecule has 7 atom stereocenters. The Labute approximate surface area is 159 Å². The minimum atomic E-state index is -1.14. The molecule has 1 saturated carbocycles. The van der Waals surface area contributed by atoms with Gasteiger partial charge in [0.2, 0.25) is 0 Å². The molecule has 0 spiro atoms. The molecule has 0 aromatic carbocycles. The number of piperidine rings is 1. The molecule has 7 nitrogen and oxygen atoms in total. The van der Waals surface area contributed by atoms with Crippen LogP contribution in [0, 0.1) is 11.3 Å². The molecule has 27 heavy (non-hydrogen) atoms. The summed E-state index contributed by atoms with van der Waals surface area (Å²) in [6, 6.07) is -0.363. The van der Waals surface area contributed by atoms with E-state index in [1.165, 1.54) is 6.92 Å². The number of carbonyl (C=O) groups is 2. The average molecular weight is 379 g/mol. The van der Waals surface area contributed by atoms with Crippen LogP contribution >= 0.6 is 0 Å². The number of ether oxygens (including phenoxy) is 2. The van der Waals surface area contributed by atoms with Crippen molar-refractivity contribution in [1.29, 1.82) is 0 Å². The molecule has 0 aromatic rings. The largest absolute Gasteiger partial charge is 0.450 e. The number of fused-ring (bicyclic) bond motifs is 5. The van der Waals surface area contributed by atoms with E-state index < -0.39 is 29.2 Å². The molecular weight excluding hydrogens is 350 g/mol. The first kappa shape index (κ1) is 19.1. The van der Waals surface area contributed by atoms with Gasteiger partial charge in [0.15, 0.2) is 11.9 Å². The van der Waals surface area contributed by atoms with Crippen LogP contribution in [0.25, 0.3) is 0 Å². The number of esters is 1. The van der Waals surface area contributed by atoms with Crippen molar-refractivity contribution < 1.29 is 29.3 Å². The van der Waals surface area contributed by atoms with Crippen LogP contribution in [0.4, 0.5) is 0 Å². The fourth-order valence-electron chi connectivity index (χ4n) is 5.62. The molecule has 2 bridgehead atoms. The molecule has 2 N–H and O–H groups in total. The minimum Gasteiger partial charge on any atom is -0.450 e. The van der Waals surface area contributed by atoms with Gasteiger partial charge >= 0.3 is 5.97 Å². The lowest BCUT2D eigenvalue weighted by molar-refractivity contribution is -0.301. The lowest BCUT2D eigenvalue weighted by atomic mass is 9.57. The van der Waals surface area contributed by atoms with Crippen LogP contribution in [0.5, 0.6) is 0 Å².